The van der Waals surface area contributed by atoms with E-state index in [-0.39, 0.29) is 12.1 Å². The number of carbonyl (C=O) groups excluding carboxylic acids is 1. The third-order valence-electron chi connectivity index (χ3n) is 4.50. The number of benzene rings is 1. The molecule has 1 aliphatic rings. The van der Waals surface area contributed by atoms with Crippen LogP contribution >= 0.6 is 0 Å². The Morgan fingerprint density at radius 2 is 1.88 bits per heavy atom. The first-order chi connectivity index (χ1) is 11.4. The summed E-state index contributed by atoms with van der Waals surface area (Å²) in [5, 5.41) is 9.25. The van der Waals surface area contributed by atoms with E-state index in [1.54, 1.807) is 13.0 Å². The third-order valence-corrected chi connectivity index (χ3v) is 4.50. The highest BCUT2D eigenvalue weighted by Crippen LogP contribution is 2.30. The van der Waals surface area contributed by atoms with Gasteiger partial charge in [-0.15, -0.1) is 0 Å². The molecule has 0 spiro atoms. The van der Waals surface area contributed by atoms with Gasteiger partial charge in [0.25, 0.3) is 11.5 Å². The summed E-state index contributed by atoms with van der Waals surface area (Å²) in [6.07, 6.45) is 0.383. The Morgan fingerprint density at radius 1 is 1.17 bits per heavy atom. The molecule has 0 radical (unpaired) electrons. The Balaban J connectivity index is 1.85. The third kappa shape index (κ3) is 2.82. The molecule has 1 saturated heterocycles. The zero-order valence-corrected chi connectivity index (χ0v) is 13.3. The van der Waals surface area contributed by atoms with Crippen LogP contribution in [-0.4, -0.2) is 40.0 Å². The van der Waals surface area contributed by atoms with Crippen LogP contribution in [0.1, 0.15) is 23.7 Å². The lowest BCUT2D eigenvalue weighted by Crippen LogP contribution is -2.37. The number of nitrogens with one attached hydrogen (secondary N) is 1. The molecule has 2 heterocycles. The van der Waals surface area contributed by atoms with Gasteiger partial charge in [0.15, 0.2) is 0 Å². The molecule has 1 aromatic carbocycles. The summed E-state index contributed by atoms with van der Waals surface area (Å²) in [6.45, 7) is 2.06. The SMILES string of the molecule is CC1(C(=O)O)CCN(C(=O)c2ccc(-c3ccccc3)[nH]c2=O)C1. The quantitative estimate of drug-likeness (QED) is 0.902. The second-order valence-corrected chi connectivity index (χ2v) is 6.32. The zero-order valence-electron chi connectivity index (χ0n) is 13.3. The van der Waals surface area contributed by atoms with E-state index >= 15 is 0 Å². The number of aromatic amines is 1. The van der Waals surface area contributed by atoms with E-state index in [1.807, 2.05) is 30.3 Å². The molecule has 0 bridgehead atoms. The zero-order chi connectivity index (χ0) is 17.3. The van der Waals surface area contributed by atoms with Gasteiger partial charge in [0.05, 0.1) is 5.41 Å². The second-order valence-electron chi connectivity index (χ2n) is 6.32. The van der Waals surface area contributed by atoms with Crippen LogP contribution in [0.3, 0.4) is 0 Å². The maximum Gasteiger partial charge on any atom is 0.311 e. The summed E-state index contributed by atoms with van der Waals surface area (Å²) < 4.78 is 0. The average molecular weight is 326 g/mol. The van der Waals surface area contributed by atoms with Gasteiger partial charge in [-0.3, -0.25) is 14.4 Å². The standard InChI is InChI=1S/C18H18N2O4/c1-18(17(23)24)9-10-20(11-18)16(22)13-7-8-14(19-15(13)21)12-5-3-2-4-6-12/h2-8H,9-11H2,1H3,(H,19,21)(H,23,24). The number of aliphatic carboxylic acids is 1. The molecule has 1 aromatic heterocycles. The van der Waals surface area contributed by atoms with Crippen molar-refractivity contribution < 1.29 is 14.7 Å². The number of hydrogen-bond acceptors (Lipinski definition) is 3. The van der Waals surface area contributed by atoms with Crippen LogP contribution in [0, 0.1) is 5.41 Å². The molecule has 1 aliphatic heterocycles. The molecule has 6 heteroatoms. The molecule has 2 N–H and O–H groups in total. The van der Waals surface area contributed by atoms with Gasteiger partial charge in [0.1, 0.15) is 5.56 Å². The number of carboxylic acid groups (broad SMARTS) is 1. The lowest BCUT2D eigenvalue weighted by atomic mass is 9.90. The predicted molar refractivity (Wildman–Crippen MR) is 88.8 cm³/mol. The van der Waals surface area contributed by atoms with Crippen LogP contribution in [0.2, 0.25) is 0 Å². The summed E-state index contributed by atoms with van der Waals surface area (Å²) in [7, 11) is 0. The van der Waals surface area contributed by atoms with E-state index in [9.17, 15) is 19.5 Å². The fourth-order valence-electron chi connectivity index (χ4n) is 2.91. The molecular weight excluding hydrogens is 308 g/mol. The second kappa shape index (κ2) is 5.96. The molecular formula is C18H18N2O4. The number of amides is 1. The molecule has 124 valence electrons. The van der Waals surface area contributed by atoms with Crippen molar-refractivity contribution in [1.82, 2.24) is 9.88 Å². The summed E-state index contributed by atoms with van der Waals surface area (Å²) in [5.74, 6) is -1.35. The minimum atomic E-state index is -0.952. The Bertz CT molecular complexity index is 844. The maximum atomic E-state index is 12.5. The molecule has 3 rings (SSSR count). The van der Waals surface area contributed by atoms with E-state index < -0.39 is 22.9 Å². The molecule has 1 amide bonds. The lowest BCUT2D eigenvalue weighted by Gasteiger charge is -2.20. The first-order valence-corrected chi connectivity index (χ1v) is 7.72. The molecule has 2 aromatic rings. The number of nitrogens with zero attached hydrogens (tertiary/aromatic N) is 1. The molecule has 1 unspecified atom stereocenters. The normalized spacial score (nSPS) is 20.1. The van der Waals surface area contributed by atoms with Crippen LogP contribution in [0.5, 0.6) is 0 Å². The van der Waals surface area contributed by atoms with Gasteiger partial charge in [0, 0.05) is 18.8 Å². The Labute approximate surface area is 138 Å². The predicted octanol–water partition coefficient (Wildman–Crippen LogP) is 1.98. The van der Waals surface area contributed by atoms with E-state index in [4.69, 9.17) is 0 Å². The number of pyridine rings is 1. The number of likely N-dealkylation sites (tertiary alicyclic amines) is 1. The van der Waals surface area contributed by atoms with Gasteiger partial charge in [0.2, 0.25) is 0 Å². The number of rotatable bonds is 3. The highest BCUT2D eigenvalue weighted by Gasteiger charge is 2.42. The van der Waals surface area contributed by atoms with E-state index in [1.165, 1.54) is 11.0 Å². The van der Waals surface area contributed by atoms with Crippen molar-refractivity contribution in [3.8, 4) is 11.3 Å². The smallest absolute Gasteiger partial charge is 0.311 e. The molecule has 1 atom stereocenters. The van der Waals surface area contributed by atoms with E-state index in [0.717, 1.165) is 5.56 Å². The van der Waals surface area contributed by atoms with Gasteiger partial charge in [-0.25, -0.2) is 0 Å². The van der Waals surface area contributed by atoms with Gasteiger partial charge >= 0.3 is 5.97 Å². The minimum absolute atomic E-state index is 0.0318. The van der Waals surface area contributed by atoms with E-state index in [0.29, 0.717) is 18.7 Å². The van der Waals surface area contributed by atoms with Gasteiger partial charge in [-0.1, -0.05) is 30.3 Å². The van der Waals surface area contributed by atoms with Crippen molar-refractivity contribution in [1.29, 1.82) is 0 Å². The summed E-state index contributed by atoms with van der Waals surface area (Å²) in [4.78, 5) is 40.3. The minimum Gasteiger partial charge on any atom is -0.481 e. The molecule has 1 fully saturated rings. The Hall–Kier alpha value is -2.89. The van der Waals surface area contributed by atoms with Crippen molar-refractivity contribution in [2.24, 2.45) is 5.41 Å². The lowest BCUT2D eigenvalue weighted by molar-refractivity contribution is -0.147. The van der Waals surface area contributed by atoms with Crippen molar-refractivity contribution in [3.05, 3.63) is 58.4 Å². The van der Waals surface area contributed by atoms with Gasteiger partial charge in [-0.2, -0.15) is 0 Å². The van der Waals surface area contributed by atoms with Crippen LogP contribution < -0.4 is 5.56 Å². The Kier molecular flexibility index (Phi) is 3.97. The number of aromatic nitrogens is 1. The van der Waals surface area contributed by atoms with Gasteiger partial charge in [-0.05, 0) is 31.0 Å². The monoisotopic (exact) mass is 326 g/mol. The fraction of sp³-hybridized carbons (Fsp3) is 0.278. The molecule has 24 heavy (non-hydrogen) atoms. The number of H-pyrrole nitrogens is 1. The largest absolute Gasteiger partial charge is 0.481 e. The summed E-state index contributed by atoms with van der Waals surface area (Å²) in [5.41, 5.74) is 0.101. The van der Waals surface area contributed by atoms with E-state index in [2.05, 4.69) is 4.98 Å². The Morgan fingerprint density at radius 3 is 2.46 bits per heavy atom. The number of carbonyl (C=O) groups is 2. The van der Waals surface area contributed by atoms with Crippen LogP contribution in [0.25, 0.3) is 11.3 Å². The number of hydrogen-bond donors (Lipinski definition) is 2. The average Bonchev–Trinajstić information content (AvgIpc) is 2.99. The molecule has 0 aliphatic carbocycles. The molecule has 6 nitrogen and oxygen atoms in total. The van der Waals surface area contributed by atoms with Gasteiger partial charge < -0.3 is 15.0 Å². The van der Waals surface area contributed by atoms with Crippen LogP contribution in [-0.2, 0) is 4.79 Å². The summed E-state index contributed by atoms with van der Waals surface area (Å²) in [6, 6.07) is 12.5. The first-order valence-electron chi connectivity index (χ1n) is 7.72. The highest BCUT2D eigenvalue weighted by molar-refractivity contribution is 5.95. The van der Waals surface area contributed by atoms with Crippen LogP contribution in [0.15, 0.2) is 47.3 Å². The number of carboxylic acids is 1. The molecule has 0 saturated carbocycles. The first kappa shape index (κ1) is 16.0. The van der Waals surface area contributed by atoms with Crippen molar-refractivity contribution >= 4 is 11.9 Å². The van der Waals surface area contributed by atoms with Crippen molar-refractivity contribution in [2.75, 3.05) is 13.1 Å². The fourth-order valence-corrected chi connectivity index (χ4v) is 2.91. The summed E-state index contributed by atoms with van der Waals surface area (Å²) >= 11 is 0. The topological polar surface area (TPSA) is 90.5 Å². The van der Waals surface area contributed by atoms with Crippen molar-refractivity contribution in [2.45, 2.75) is 13.3 Å². The van der Waals surface area contributed by atoms with Crippen LogP contribution in [0.4, 0.5) is 0 Å². The van der Waals surface area contributed by atoms with Crippen molar-refractivity contribution in [3.63, 3.8) is 0 Å². The maximum absolute atomic E-state index is 12.5. The highest BCUT2D eigenvalue weighted by atomic mass is 16.4.